The third kappa shape index (κ3) is 2.81. The van der Waals surface area contributed by atoms with Crippen LogP contribution in [0.2, 0.25) is 0 Å². The molecule has 0 spiro atoms. The van der Waals surface area contributed by atoms with Crippen LogP contribution < -0.4 is 5.32 Å². The van der Waals surface area contributed by atoms with Gasteiger partial charge in [0.2, 0.25) is 0 Å². The fourth-order valence-corrected chi connectivity index (χ4v) is 1.33. The zero-order valence-electron chi connectivity index (χ0n) is 8.20. The van der Waals surface area contributed by atoms with Crippen molar-refractivity contribution in [2.45, 2.75) is 6.54 Å². The highest BCUT2D eigenvalue weighted by Crippen LogP contribution is 2.10. The van der Waals surface area contributed by atoms with Crippen molar-refractivity contribution < 1.29 is 4.39 Å². The van der Waals surface area contributed by atoms with Crippen LogP contribution >= 0.6 is 0 Å². The first-order chi connectivity index (χ1) is 7.34. The Morgan fingerprint density at radius 2 is 1.93 bits per heavy atom. The van der Waals surface area contributed by atoms with E-state index in [2.05, 4.69) is 11.4 Å². The van der Waals surface area contributed by atoms with Crippen molar-refractivity contribution in [3.8, 4) is 0 Å². The SMILES string of the molecule is Fc1cc[c]c(NCc2ccccc2)c1. The Hall–Kier alpha value is -1.83. The molecule has 1 nitrogen and oxygen atoms in total. The van der Waals surface area contributed by atoms with Gasteiger partial charge in [0.25, 0.3) is 0 Å². The molecule has 0 aliphatic heterocycles. The Morgan fingerprint density at radius 1 is 1.13 bits per heavy atom. The van der Waals surface area contributed by atoms with E-state index in [1.54, 1.807) is 6.07 Å². The van der Waals surface area contributed by atoms with Gasteiger partial charge in [-0.15, -0.1) is 0 Å². The topological polar surface area (TPSA) is 12.0 Å². The highest BCUT2D eigenvalue weighted by Gasteiger charge is 1.95. The van der Waals surface area contributed by atoms with E-state index in [1.165, 1.54) is 12.1 Å². The van der Waals surface area contributed by atoms with Gasteiger partial charge in [-0.05, 0) is 23.8 Å². The van der Waals surface area contributed by atoms with Gasteiger partial charge in [0, 0.05) is 18.3 Å². The Balaban J connectivity index is 1.99. The first kappa shape index (κ1) is 9.71. The lowest BCUT2D eigenvalue weighted by molar-refractivity contribution is 0.628. The molecule has 0 saturated heterocycles. The molecule has 2 rings (SSSR count). The van der Waals surface area contributed by atoms with Crippen LogP contribution in [0.5, 0.6) is 0 Å². The van der Waals surface area contributed by atoms with E-state index in [0.29, 0.717) is 12.2 Å². The molecule has 0 aromatic heterocycles. The number of rotatable bonds is 3. The van der Waals surface area contributed by atoms with Crippen LogP contribution in [0.15, 0.2) is 48.5 Å². The molecule has 75 valence electrons. The molecule has 0 unspecified atom stereocenters. The van der Waals surface area contributed by atoms with E-state index in [0.717, 1.165) is 5.56 Å². The number of halogens is 1. The average Bonchev–Trinajstić information content (AvgIpc) is 2.28. The molecule has 0 amide bonds. The van der Waals surface area contributed by atoms with Crippen molar-refractivity contribution >= 4 is 5.69 Å². The lowest BCUT2D eigenvalue weighted by Gasteiger charge is -2.05. The summed E-state index contributed by atoms with van der Waals surface area (Å²) >= 11 is 0. The van der Waals surface area contributed by atoms with E-state index in [1.807, 2.05) is 30.3 Å². The molecule has 0 atom stereocenters. The minimum atomic E-state index is -0.246. The average molecular weight is 200 g/mol. The van der Waals surface area contributed by atoms with Crippen LogP contribution in [0, 0.1) is 11.9 Å². The largest absolute Gasteiger partial charge is 0.380 e. The third-order valence-electron chi connectivity index (χ3n) is 2.09. The summed E-state index contributed by atoms with van der Waals surface area (Å²) in [6, 6.07) is 17.3. The molecule has 2 aromatic carbocycles. The van der Waals surface area contributed by atoms with E-state index in [9.17, 15) is 4.39 Å². The lowest BCUT2D eigenvalue weighted by Crippen LogP contribution is -1.99. The van der Waals surface area contributed by atoms with Gasteiger partial charge in [0.05, 0.1) is 0 Å². The van der Waals surface area contributed by atoms with Crippen LogP contribution in [0.25, 0.3) is 0 Å². The summed E-state index contributed by atoms with van der Waals surface area (Å²) in [5, 5.41) is 3.11. The molecule has 2 heteroatoms. The van der Waals surface area contributed by atoms with E-state index >= 15 is 0 Å². The van der Waals surface area contributed by atoms with Gasteiger partial charge in [-0.1, -0.05) is 30.3 Å². The summed E-state index contributed by atoms with van der Waals surface area (Å²) < 4.78 is 12.8. The molecule has 0 aliphatic carbocycles. The number of anilines is 1. The van der Waals surface area contributed by atoms with Crippen molar-refractivity contribution in [2.24, 2.45) is 0 Å². The van der Waals surface area contributed by atoms with Crippen LogP contribution in [-0.2, 0) is 6.54 Å². The second-order valence-corrected chi connectivity index (χ2v) is 3.26. The summed E-state index contributed by atoms with van der Waals surface area (Å²) in [6.45, 7) is 0.681. The zero-order valence-corrected chi connectivity index (χ0v) is 8.20. The summed E-state index contributed by atoms with van der Waals surface area (Å²) in [5.41, 5.74) is 1.84. The van der Waals surface area contributed by atoms with Crippen molar-refractivity contribution in [1.82, 2.24) is 0 Å². The monoisotopic (exact) mass is 200 g/mol. The summed E-state index contributed by atoms with van der Waals surface area (Å²) in [7, 11) is 0. The fraction of sp³-hybridized carbons (Fsp3) is 0.0769. The number of nitrogens with one attached hydrogen (secondary N) is 1. The minimum absolute atomic E-state index is 0.246. The number of benzene rings is 2. The van der Waals surface area contributed by atoms with Gasteiger partial charge in [-0.2, -0.15) is 0 Å². The van der Waals surface area contributed by atoms with Crippen LogP contribution in [0.4, 0.5) is 10.1 Å². The normalized spacial score (nSPS) is 9.93. The maximum Gasteiger partial charge on any atom is 0.125 e. The molecule has 1 radical (unpaired) electrons. The van der Waals surface area contributed by atoms with Crippen LogP contribution in [-0.4, -0.2) is 0 Å². The van der Waals surface area contributed by atoms with E-state index < -0.39 is 0 Å². The molecular weight excluding hydrogens is 189 g/mol. The van der Waals surface area contributed by atoms with Crippen LogP contribution in [0.3, 0.4) is 0 Å². The van der Waals surface area contributed by atoms with Gasteiger partial charge in [0.15, 0.2) is 0 Å². The second kappa shape index (κ2) is 4.60. The third-order valence-corrected chi connectivity index (χ3v) is 2.09. The van der Waals surface area contributed by atoms with Crippen LogP contribution in [0.1, 0.15) is 5.56 Å². The van der Waals surface area contributed by atoms with Gasteiger partial charge < -0.3 is 5.32 Å². The molecule has 0 fully saturated rings. The molecule has 0 aliphatic rings. The second-order valence-electron chi connectivity index (χ2n) is 3.26. The Labute approximate surface area is 88.6 Å². The summed E-state index contributed by atoms with van der Waals surface area (Å²) in [6.07, 6.45) is 0. The van der Waals surface area contributed by atoms with E-state index in [4.69, 9.17) is 0 Å². The van der Waals surface area contributed by atoms with Gasteiger partial charge in [-0.3, -0.25) is 0 Å². The zero-order chi connectivity index (χ0) is 10.5. The Kier molecular flexibility index (Phi) is 2.98. The Bertz CT molecular complexity index is 426. The summed E-state index contributed by atoms with van der Waals surface area (Å²) in [5.74, 6) is -0.246. The lowest BCUT2D eigenvalue weighted by atomic mass is 10.2. The van der Waals surface area contributed by atoms with Gasteiger partial charge >= 0.3 is 0 Å². The highest BCUT2D eigenvalue weighted by atomic mass is 19.1. The number of hydrogen-bond acceptors (Lipinski definition) is 1. The maximum atomic E-state index is 12.8. The predicted octanol–water partition coefficient (Wildman–Crippen LogP) is 3.24. The van der Waals surface area contributed by atoms with Gasteiger partial charge in [-0.25, -0.2) is 4.39 Å². The Morgan fingerprint density at radius 3 is 2.67 bits per heavy atom. The molecule has 15 heavy (non-hydrogen) atoms. The van der Waals surface area contributed by atoms with Crippen molar-refractivity contribution in [2.75, 3.05) is 5.32 Å². The van der Waals surface area contributed by atoms with Crippen molar-refractivity contribution in [3.63, 3.8) is 0 Å². The molecule has 1 N–H and O–H groups in total. The molecular formula is C13H11FN. The highest BCUT2D eigenvalue weighted by molar-refractivity contribution is 5.42. The number of hydrogen-bond donors (Lipinski definition) is 1. The molecule has 2 aromatic rings. The quantitative estimate of drug-likeness (QED) is 0.802. The summed E-state index contributed by atoms with van der Waals surface area (Å²) in [4.78, 5) is 0. The van der Waals surface area contributed by atoms with Gasteiger partial charge in [0.1, 0.15) is 5.82 Å². The standard InChI is InChI=1S/C13H11FN/c14-12-7-4-8-13(9-12)15-10-11-5-2-1-3-6-11/h1-7,9,15H,10H2. The molecule has 0 heterocycles. The minimum Gasteiger partial charge on any atom is -0.380 e. The van der Waals surface area contributed by atoms with Crippen molar-refractivity contribution in [3.05, 3.63) is 66.0 Å². The maximum absolute atomic E-state index is 12.8. The first-order valence-electron chi connectivity index (χ1n) is 4.79. The predicted molar refractivity (Wildman–Crippen MR) is 59.0 cm³/mol. The molecule has 0 bridgehead atoms. The van der Waals surface area contributed by atoms with Crippen molar-refractivity contribution in [1.29, 1.82) is 0 Å². The molecule has 0 saturated carbocycles. The van der Waals surface area contributed by atoms with E-state index in [-0.39, 0.29) is 5.82 Å². The fourth-order valence-electron chi connectivity index (χ4n) is 1.33. The first-order valence-corrected chi connectivity index (χ1v) is 4.79. The smallest absolute Gasteiger partial charge is 0.125 e.